The lowest BCUT2D eigenvalue weighted by molar-refractivity contribution is 0.166. The minimum atomic E-state index is -0.160. The Balaban J connectivity index is 0.000000458. The van der Waals surface area contributed by atoms with Crippen molar-refractivity contribution in [3.63, 3.8) is 0 Å². The maximum Gasteiger partial charge on any atom is 0.123 e. The number of nitrogens with zero attached hydrogens (tertiary/aromatic N) is 1. The van der Waals surface area contributed by atoms with Gasteiger partial charge in [-0.1, -0.05) is 70.2 Å². The fourth-order valence-electron chi connectivity index (χ4n) is 5.61. The summed E-state index contributed by atoms with van der Waals surface area (Å²) in [7, 11) is 1.93. The molecule has 228 valence electrons. The number of ether oxygens (including phenoxy) is 1. The van der Waals surface area contributed by atoms with Crippen molar-refractivity contribution in [3.05, 3.63) is 107 Å². The van der Waals surface area contributed by atoms with Gasteiger partial charge in [-0.3, -0.25) is 4.90 Å². The summed E-state index contributed by atoms with van der Waals surface area (Å²) in [6.45, 7) is 14.9. The molecule has 0 radical (unpaired) electrons. The Morgan fingerprint density at radius 2 is 1.67 bits per heavy atom. The van der Waals surface area contributed by atoms with Crippen LogP contribution in [0.25, 0.3) is 5.70 Å². The molecule has 42 heavy (non-hydrogen) atoms. The Morgan fingerprint density at radius 1 is 0.905 bits per heavy atom. The number of benzene rings is 3. The molecule has 1 aliphatic heterocycles. The van der Waals surface area contributed by atoms with E-state index in [2.05, 4.69) is 73.1 Å². The molecule has 0 spiro atoms. The molecule has 1 fully saturated rings. The molecule has 0 aromatic heterocycles. The molecule has 4 rings (SSSR count). The zero-order valence-corrected chi connectivity index (χ0v) is 26.6. The molecule has 3 aromatic rings. The third-order valence-electron chi connectivity index (χ3n) is 8.40. The van der Waals surface area contributed by atoms with Crippen molar-refractivity contribution in [2.24, 2.45) is 5.92 Å². The van der Waals surface area contributed by atoms with Gasteiger partial charge in [-0.2, -0.15) is 0 Å². The van der Waals surface area contributed by atoms with Crippen molar-refractivity contribution >= 4 is 5.70 Å². The van der Waals surface area contributed by atoms with Crippen LogP contribution in [0.4, 0.5) is 4.39 Å². The summed E-state index contributed by atoms with van der Waals surface area (Å²) in [6.07, 6.45) is 10.8. The van der Waals surface area contributed by atoms with E-state index in [4.69, 9.17) is 4.74 Å². The van der Waals surface area contributed by atoms with Gasteiger partial charge in [0.25, 0.3) is 0 Å². The highest BCUT2D eigenvalue weighted by Gasteiger charge is 2.19. The number of unbranched alkanes of at least 4 members (excludes halogenated alkanes) is 1. The van der Waals surface area contributed by atoms with Crippen LogP contribution in [0.2, 0.25) is 0 Å². The molecule has 1 saturated heterocycles. The average Bonchev–Trinajstić information content (AvgIpc) is 3.03. The van der Waals surface area contributed by atoms with Crippen molar-refractivity contribution in [1.29, 1.82) is 0 Å². The smallest absolute Gasteiger partial charge is 0.123 e. The van der Waals surface area contributed by atoms with E-state index >= 15 is 0 Å². The Morgan fingerprint density at radius 3 is 2.33 bits per heavy atom. The standard InChI is InChI=1S/C30H44N2O.C8H9F/c1-5-7-12-28-14-15-30(22-27(28)6-2)33-20-9-11-25-16-18-32(19-17-25)23-26-10-8-13-29(21-26)24(3)31-4;1-2-7-3-5-8(9)6-4-7/h8,10,13-15,21-22,25,31H,3,5-7,9,11-12,16-20,23H2,1-2,4H3;3-6H,2H2,1H3. The van der Waals surface area contributed by atoms with Crippen LogP contribution in [-0.2, 0) is 25.8 Å². The van der Waals surface area contributed by atoms with Crippen LogP contribution in [0, 0.1) is 11.7 Å². The lowest BCUT2D eigenvalue weighted by Crippen LogP contribution is -2.33. The van der Waals surface area contributed by atoms with E-state index < -0.39 is 0 Å². The summed E-state index contributed by atoms with van der Waals surface area (Å²) < 4.78 is 18.3. The highest BCUT2D eigenvalue weighted by atomic mass is 19.1. The van der Waals surface area contributed by atoms with Crippen molar-refractivity contribution in [2.75, 3.05) is 26.7 Å². The van der Waals surface area contributed by atoms with Gasteiger partial charge in [-0.25, -0.2) is 4.39 Å². The van der Waals surface area contributed by atoms with E-state index in [1.54, 1.807) is 12.1 Å². The summed E-state index contributed by atoms with van der Waals surface area (Å²) in [5.74, 6) is 1.72. The zero-order chi connectivity index (χ0) is 30.2. The van der Waals surface area contributed by atoms with Crippen LogP contribution in [0.3, 0.4) is 0 Å². The molecule has 3 nitrogen and oxygen atoms in total. The number of piperidine rings is 1. The van der Waals surface area contributed by atoms with Gasteiger partial charge in [-0.15, -0.1) is 0 Å². The number of likely N-dealkylation sites (tertiary alicyclic amines) is 1. The van der Waals surface area contributed by atoms with Gasteiger partial charge in [-0.05, 0) is 129 Å². The van der Waals surface area contributed by atoms with E-state index in [1.165, 1.54) is 91.6 Å². The van der Waals surface area contributed by atoms with Gasteiger partial charge in [0.05, 0.1) is 6.61 Å². The van der Waals surface area contributed by atoms with Crippen LogP contribution in [0.15, 0.2) is 73.3 Å². The Kier molecular flexibility index (Phi) is 14.7. The molecule has 1 N–H and O–H groups in total. The first-order valence-electron chi connectivity index (χ1n) is 16.1. The molecule has 0 saturated carbocycles. The van der Waals surface area contributed by atoms with Crippen LogP contribution >= 0.6 is 0 Å². The van der Waals surface area contributed by atoms with E-state index in [0.717, 1.165) is 49.8 Å². The van der Waals surface area contributed by atoms with Crippen LogP contribution in [0.5, 0.6) is 5.75 Å². The first-order valence-corrected chi connectivity index (χ1v) is 16.1. The van der Waals surface area contributed by atoms with Crippen LogP contribution in [-0.4, -0.2) is 31.6 Å². The molecule has 0 aliphatic carbocycles. The molecule has 1 heterocycles. The number of rotatable bonds is 14. The molecule has 3 aromatic carbocycles. The normalized spacial score (nSPS) is 13.7. The zero-order valence-electron chi connectivity index (χ0n) is 26.6. The van der Waals surface area contributed by atoms with Crippen molar-refractivity contribution in [3.8, 4) is 5.75 Å². The monoisotopic (exact) mass is 572 g/mol. The van der Waals surface area contributed by atoms with Gasteiger partial charge < -0.3 is 10.1 Å². The van der Waals surface area contributed by atoms with Gasteiger partial charge >= 0.3 is 0 Å². The Bertz CT molecular complexity index is 1200. The number of aryl methyl sites for hydroxylation is 3. The average molecular weight is 573 g/mol. The van der Waals surface area contributed by atoms with Crippen LogP contribution < -0.4 is 10.1 Å². The van der Waals surface area contributed by atoms with Crippen molar-refractivity contribution < 1.29 is 9.13 Å². The molecule has 0 atom stereocenters. The molecule has 4 heteroatoms. The maximum atomic E-state index is 12.2. The van der Waals surface area contributed by atoms with E-state index in [1.807, 2.05) is 14.0 Å². The van der Waals surface area contributed by atoms with Crippen molar-refractivity contribution in [1.82, 2.24) is 10.2 Å². The first-order chi connectivity index (χ1) is 20.4. The number of nitrogens with one attached hydrogen (secondary N) is 1. The summed E-state index contributed by atoms with van der Waals surface area (Å²) in [5, 5.41) is 3.15. The van der Waals surface area contributed by atoms with Crippen molar-refractivity contribution in [2.45, 2.75) is 85.1 Å². The second-order valence-corrected chi connectivity index (χ2v) is 11.5. The first kappa shape index (κ1) is 33.4. The lowest BCUT2D eigenvalue weighted by atomic mass is 9.92. The fourth-order valence-corrected chi connectivity index (χ4v) is 5.61. The molecular formula is C38H53FN2O. The topological polar surface area (TPSA) is 24.5 Å². The lowest BCUT2D eigenvalue weighted by Gasteiger charge is -2.32. The third-order valence-corrected chi connectivity index (χ3v) is 8.40. The molecule has 0 unspecified atom stereocenters. The Hall–Kier alpha value is -3.11. The maximum absolute atomic E-state index is 12.2. The summed E-state index contributed by atoms with van der Waals surface area (Å²) in [5.41, 5.74) is 7.67. The number of halogens is 1. The largest absolute Gasteiger partial charge is 0.494 e. The molecule has 1 aliphatic rings. The van der Waals surface area contributed by atoms with Gasteiger partial charge in [0.15, 0.2) is 0 Å². The third kappa shape index (κ3) is 11.3. The minimum absolute atomic E-state index is 0.160. The second-order valence-electron chi connectivity index (χ2n) is 11.5. The minimum Gasteiger partial charge on any atom is -0.494 e. The highest BCUT2D eigenvalue weighted by molar-refractivity contribution is 5.61. The highest BCUT2D eigenvalue weighted by Crippen LogP contribution is 2.25. The molecule has 0 amide bonds. The number of hydrogen-bond donors (Lipinski definition) is 1. The predicted octanol–water partition coefficient (Wildman–Crippen LogP) is 9.24. The van der Waals surface area contributed by atoms with E-state index in [9.17, 15) is 4.39 Å². The van der Waals surface area contributed by atoms with Crippen LogP contribution in [0.1, 0.15) is 87.1 Å². The summed E-state index contributed by atoms with van der Waals surface area (Å²) in [6, 6.07) is 22.1. The van der Waals surface area contributed by atoms with E-state index in [0.29, 0.717) is 0 Å². The van der Waals surface area contributed by atoms with E-state index in [-0.39, 0.29) is 5.82 Å². The summed E-state index contributed by atoms with van der Waals surface area (Å²) in [4.78, 5) is 2.60. The number of hydrogen-bond acceptors (Lipinski definition) is 3. The predicted molar refractivity (Wildman–Crippen MR) is 177 cm³/mol. The Labute approximate surface area is 255 Å². The quantitative estimate of drug-likeness (QED) is 0.195. The van der Waals surface area contributed by atoms with Gasteiger partial charge in [0.2, 0.25) is 0 Å². The molecular weight excluding hydrogens is 519 g/mol. The van der Waals surface area contributed by atoms with Gasteiger partial charge in [0, 0.05) is 19.3 Å². The van der Waals surface area contributed by atoms with Gasteiger partial charge in [0.1, 0.15) is 11.6 Å². The fraction of sp³-hybridized carbons (Fsp3) is 0.474. The molecule has 0 bridgehead atoms. The second kappa shape index (κ2) is 18.4. The SMILES string of the molecule is C=C(NC)c1cccc(CN2CCC(CCCOc3ccc(CCCC)c(CC)c3)CC2)c1.CCc1ccc(F)cc1. The summed E-state index contributed by atoms with van der Waals surface area (Å²) >= 11 is 0.